The van der Waals surface area contributed by atoms with Crippen LogP contribution in [-0.2, 0) is 4.79 Å². The van der Waals surface area contributed by atoms with E-state index in [1.807, 2.05) is 6.92 Å². The van der Waals surface area contributed by atoms with Crippen molar-refractivity contribution in [3.8, 4) is 0 Å². The Balaban J connectivity index is 3.60. The summed E-state index contributed by atoms with van der Waals surface area (Å²) in [6, 6.07) is 0. The van der Waals surface area contributed by atoms with Crippen LogP contribution in [0, 0.1) is 0 Å². The van der Waals surface area contributed by atoms with E-state index in [4.69, 9.17) is 0 Å². The Hall–Kier alpha value is -0.850. The van der Waals surface area contributed by atoms with Crippen LogP contribution in [0.25, 0.3) is 0 Å². The second-order valence-corrected chi connectivity index (χ2v) is 1.60. The van der Waals surface area contributed by atoms with E-state index in [1.54, 1.807) is 12.4 Å². The molecule has 1 nitrogen and oxygen atoms in total. The highest BCUT2D eigenvalue weighted by atomic mass is 16.1. The Kier molecular flexibility index (Phi) is 3.85. The molecule has 0 aliphatic carbocycles. The normalized spacial score (nSPS) is 10.9. The first-order valence-corrected chi connectivity index (χ1v) is 2.45. The van der Waals surface area contributed by atoms with Gasteiger partial charge in [-0.05, 0) is 19.4 Å². The van der Waals surface area contributed by atoms with Gasteiger partial charge in [-0.15, -0.1) is 6.58 Å². The minimum Gasteiger partial charge on any atom is -0.286 e. The number of rotatable bonds is 3. The van der Waals surface area contributed by atoms with Gasteiger partial charge in [0.25, 0.3) is 0 Å². The standard InChI is InChI=1S/C7H9O/c1-3-4-7(2)5-6-8/h3,5H,1,4H2,2H3. The molecule has 8 heavy (non-hydrogen) atoms. The lowest BCUT2D eigenvalue weighted by Crippen LogP contribution is -1.71. The van der Waals surface area contributed by atoms with E-state index >= 15 is 0 Å². The molecular weight excluding hydrogens is 100 g/mol. The molecule has 0 spiro atoms. The molecule has 0 aromatic rings. The molecule has 0 N–H and O–H groups in total. The zero-order chi connectivity index (χ0) is 6.41. The van der Waals surface area contributed by atoms with Crippen LogP contribution < -0.4 is 0 Å². The maximum absolute atomic E-state index is 9.65. The number of carbonyl (C=O) groups excluding carboxylic acids is 1. The summed E-state index contributed by atoms with van der Waals surface area (Å²) in [6.45, 7) is 5.38. The molecule has 0 aromatic heterocycles. The lowest BCUT2D eigenvalue weighted by atomic mass is 10.2. The smallest absolute Gasteiger partial charge is 0.225 e. The Morgan fingerprint density at radius 1 is 1.88 bits per heavy atom. The SMILES string of the molecule is C=CCC(C)=C[C]=O. The van der Waals surface area contributed by atoms with Crippen LogP contribution in [0.15, 0.2) is 24.3 Å². The van der Waals surface area contributed by atoms with E-state index in [1.165, 1.54) is 6.08 Å². The third kappa shape index (κ3) is 3.34. The molecule has 1 heteroatoms. The van der Waals surface area contributed by atoms with E-state index in [0.29, 0.717) is 0 Å². The number of allylic oxidation sites excluding steroid dienone is 3. The molecule has 0 heterocycles. The predicted octanol–water partition coefficient (Wildman–Crippen LogP) is 1.62. The predicted molar refractivity (Wildman–Crippen MR) is 34.3 cm³/mol. The van der Waals surface area contributed by atoms with Gasteiger partial charge in [0.15, 0.2) is 0 Å². The fourth-order valence-electron chi connectivity index (χ4n) is 0.387. The second-order valence-electron chi connectivity index (χ2n) is 1.60. The van der Waals surface area contributed by atoms with Crippen LogP contribution in [-0.4, -0.2) is 6.29 Å². The van der Waals surface area contributed by atoms with E-state index in [9.17, 15) is 4.79 Å². The third-order valence-electron chi connectivity index (χ3n) is 0.772. The molecule has 0 aliphatic heterocycles. The lowest BCUT2D eigenvalue weighted by Gasteiger charge is -1.86. The maximum Gasteiger partial charge on any atom is 0.225 e. The van der Waals surface area contributed by atoms with E-state index in [0.717, 1.165) is 12.0 Å². The molecule has 0 atom stereocenters. The highest BCUT2D eigenvalue weighted by molar-refractivity contribution is 5.66. The van der Waals surface area contributed by atoms with Gasteiger partial charge in [0.1, 0.15) is 0 Å². The molecule has 0 rings (SSSR count). The van der Waals surface area contributed by atoms with Crippen molar-refractivity contribution in [3.63, 3.8) is 0 Å². The van der Waals surface area contributed by atoms with Crippen molar-refractivity contribution in [2.24, 2.45) is 0 Å². The molecule has 0 bridgehead atoms. The van der Waals surface area contributed by atoms with Crippen molar-refractivity contribution in [1.29, 1.82) is 0 Å². The van der Waals surface area contributed by atoms with E-state index < -0.39 is 0 Å². The Morgan fingerprint density at radius 3 is 2.88 bits per heavy atom. The molecule has 0 aromatic carbocycles. The highest BCUT2D eigenvalue weighted by Gasteiger charge is 1.80. The van der Waals surface area contributed by atoms with Crippen LogP contribution in [0.1, 0.15) is 13.3 Å². The molecule has 0 unspecified atom stereocenters. The largest absolute Gasteiger partial charge is 0.286 e. The van der Waals surface area contributed by atoms with Gasteiger partial charge in [-0.1, -0.05) is 11.6 Å². The van der Waals surface area contributed by atoms with Crippen molar-refractivity contribution < 1.29 is 4.79 Å². The van der Waals surface area contributed by atoms with E-state index in [-0.39, 0.29) is 0 Å². The average Bonchev–Trinajstić information content (AvgIpc) is 1.68. The van der Waals surface area contributed by atoms with Gasteiger partial charge < -0.3 is 0 Å². The zero-order valence-electron chi connectivity index (χ0n) is 4.98. The fourth-order valence-corrected chi connectivity index (χ4v) is 0.387. The fraction of sp³-hybridized carbons (Fsp3) is 0.286. The third-order valence-corrected chi connectivity index (χ3v) is 0.772. The van der Waals surface area contributed by atoms with Crippen LogP contribution >= 0.6 is 0 Å². The summed E-state index contributed by atoms with van der Waals surface area (Å²) < 4.78 is 0. The number of hydrogen-bond acceptors (Lipinski definition) is 1. The monoisotopic (exact) mass is 109 g/mol. The summed E-state index contributed by atoms with van der Waals surface area (Å²) in [7, 11) is 0. The summed E-state index contributed by atoms with van der Waals surface area (Å²) in [5.41, 5.74) is 0.995. The molecular formula is C7H9O. The molecule has 0 fully saturated rings. The van der Waals surface area contributed by atoms with Crippen LogP contribution in [0.4, 0.5) is 0 Å². The second kappa shape index (κ2) is 4.31. The van der Waals surface area contributed by atoms with Gasteiger partial charge in [0, 0.05) is 0 Å². The lowest BCUT2D eigenvalue weighted by molar-refractivity contribution is 0.564. The van der Waals surface area contributed by atoms with Crippen molar-refractivity contribution in [3.05, 3.63) is 24.3 Å². The first-order chi connectivity index (χ1) is 3.81. The van der Waals surface area contributed by atoms with Crippen molar-refractivity contribution in [2.45, 2.75) is 13.3 Å². The van der Waals surface area contributed by atoms with Crippen molar-refractivity contribution in [1.82, 2.24) is 0 Å². The first-order valence-electron chi connectivity index (χ1n) is 2.45. The van der Waals surface area contributed by atoms with Gasteiger partial charge in [0.2, 0.25) is 6.29 Å². The molecule has 1 radical (unpaired) electrons. The number of hydrogen-bond donors (Lipinski definition) is 0. The Bertz CT molecular complexity index is 112. The van der Waals surface area contributed by atoms with Gasteiger partial charge in [0.05, 0.1) is 0 Å². The Labute approximate surface area is 49.7 Å². The molecule has 43 valence electrons. The molecule has 0 aliphatic rings. The Morgan fingerprint density at radius 2 is 2.50 bits per heavy atom. The van der Waals surface area contributed by atoms with Crippen molar-refractivity contribution >= 4 is 6.29 Å². The minimum absolute atomic E-state index is 0.773. The summed E-state index contributed by atoms with van der Waals surface area (Å²) >= 11 is 0. The first kappa shape index (κ1) is 7.15. The quantitative estimate of drug-likeness (QED) is 0.397. The van der Waals surface area contributed by atoms with Crippen LogP contribution in [0.5, 0.6) is 0 Å². The zero-order valence-corrected chi connectivity index (χ0v) is 4.98. The van der Waals surface area contributed by atoms with Gasteiger partial charge in [-0.25, -0.2) is 0 Å². The van der Waals surface area contributed by atoms with Crippen LogP contribution in [0.3, 0.4) is 0 Å². The summed E-state index contributed by atoms with van der Waals surface area (Å²) in [4.78, 5) is 9.65. The van der Waals surface area contributed by atoms with E-state index in [2.05, 4.69) is 6.58 Å². The molecule has 0 amide bonds. The van der Waals surface area contributed by atoms with Gasteiger partial charge in [-0.3, -0.25) is 4.79 Å². The van der Waals surface area contributed by atoms with Gasteiger partial charge in [-0.2, -0.15) is 0 Å². The maximum atomic E-state index is 9.65. The van der Waals surface area contributed by atoms with Crippen molar-refractivity contribution in [2.75, 3.05) is 0 Å². The summed E-state index contributed by atoms with van der Waals surface area (Å²) in [5, 5.41) is 0. The minimum atomic E-state index is 0.773. The highest BCUT2D eigenvalue weighted by Crippen LogP contribution is 1.96. The van der Waals surface area contributed by atoms with Gasteiger partial charge >= 0.3 is 0 Å². The molecule has 0 saturated carbocycles. The molecule has 0 saturated heterocycles. The topological polar surface area (TPSA) is 17.1 Å². The average molecular weight is 109 g/mol. The van der Waals surface area contributed by atoms with Crippen LogP contribution in [0.2, 0.25) is 0 Å². The summed E-state index contributed by atoms with van der Waals surface area (Å²) in [5.74, 6) is 0. The summed E-state index contributed by atoms with van der Waals surface area (Å²) in [6.07, 6.45) is 5.64.